The molecule has 0 spiro atoms. The van der Waals surface area contributed by atoms with Gasteiger partial charge in [0.1, 0.15) is 6.61 Å². The SMILES string of the molecule is COc1cc(/C=C2\C(=O)N(c3ccc(C(=O)O)cc3)N=C2C(F)(F)F)ccc1OCc1ccccc1. The molecule has 1 aliphatic heterocycles. The van der Waals surface area contributed by atoms with E-state index in [1.54, 1.807) is 6.07 Å². The van der Waals surface area contributed by atoms with Crippen molar-refractivity contribution in [2.75, 3.05) is 12.1 Å². The largest absolute Gasteiger partial charge is 0.493 e. The first-order valence-corrected chi connectivity index (χ1v) is 10.6. The van der Waals surface area contributed by atoms with Crippen LogP contribution < -0.4 is 14.5 Å². The average Bonchev–Trinajstić information content (AvgIpc) is 3.20. The summed E-state index contributed by atoms with van der Waals surface area (Å²) < 4.78 is 52.3. The smallest absolute Gasteiger partial charge is 0.435 e. The first kappa shape index (κ1) is 24.5. The number of carbonyl (C=O) groups is 2. The number of ether oxygens (including phenoxy) is 2. The number of aromatic carboxylic acids is 1. The minimum Gasteiger partial charge on any atom is -0.493 e. The molecule has 1 aliphatic rings. The van der Waals surface area contributed by atoms with Crippen LogP contribution in [0.15, 0.2) is 83.5 Å². The van der Waals surface area contributed by atoms with Crippen molar-refractivity contribution in [3.05, 3.63) is 95.1 Å². The molecule has 0 atom stereocenters. The summed E-state index contributed by atoms with van der Waals surface area (Å²) in [6.45, 7) is 0.261. The fourth-order valence-electron chi connectivity index (χ4n) is 3.47. The summed E-state index contributed by atoms with van der Waals surface area (Å²) in [5.41, 5.74) is -0.921. The summed E-state index contributed by atoms with van der Waals surface area (Å²) in [5.74, 6) is -1.56. The molecular weight excluding hydrogens is 477 g/mol. The van der Waals surface area contributed by atoms with Gasteiger partial charge in [-0.15, -0.1) is 0 Å². The van der Waals surface area contributed by atoms with Gasteiger partial charge in [-0.3, -0.25) is 4.79 Å². The van der Waals surface area contributed by atoms with Crippen LogP contribution in [0.25, 0.3) is 6.08 Å². The van der Waals surface area contributed by atoms with Gasteiger partial charge in [0.05, 0.1) is 23.9 Å². The number of carbonyl (C=O) groups excluding carboxylic acids is 1. The van der Waals surface area contributed by atoms with E-state index in [0.29, 0.717) is 10.8 Å². The number of hydrogen-bond acceptors (Lipinski definition) is 5. The number of rotatable bonds is 7. The number of benzene rings is 3. The first-order valence-electron chi connectivity index (χ1n) is 10.6. The summed E-state index contributed by atoms with van der Waals surface area (Å²) in [7, 11) is 1.40. The van der Waals surface area contributed by atoms with Gasteiger partial charge in [-0.1, -0.05) is 36.4 Å². The van der Waals surface area contributed by atoms with Crippen molar-refractivity contribution in [1.29, 1.82) is 0 Å². The normalized spacial score (nSPS) is 14.7. The number of anilines is 1. The standard InChI is InChI=1S/C26H19F3N2O5/c1-35-22-14-17(7-12-21(22)36-15-16-5-3-2-4-6-16)13-20-23(26(27,28)29)30-31(24(20)32)19-10-8-18(9-11-19)25(33)34/h2-14H,15H2,1H3,(H,33,34)/b20-13-. The van der Waals surface area contributed by atoms with E-state index in [-0.39, 0.29) is 29.2 Å². The van der Waals surface area contributed by atoms with Crippen molar-refractivity contribution >= 4 is 29.4 Å². The number of carboxylic acids is 1. The van der Waals surface area contributed by atoms with Crippen LogP contribution in [-0.4, -0.2) is 36.0 Å². The number of methoxy groups -OCH3 is 1. The monoisotopic (exact) mass is 496 g/mol. The summed E-state index contributed by atoms with van der Waals surface area (Å²) in [5, 5.41) is 13.1. The van der Waals surface area contributed by atoms with Crippen LogP contribution >= 0.6 is 0 Å². The topological polar surface area (TPSA) is 88.4 Å². The third kappa shape index (κ3) is 5.22. The number of alkyl halides is 3. The Morgan fingerprint density at radius 2 is 1.72 bits per heavy atom. The number of carboxylic acid groups (broad SMARTS) is 1. The Kier molecular flexibility index (Phi) is 6.77. The fraction of sp³-hybridized carbons (Fsp3) is 0.115. The number of amides is 1. The van der Waals surface area contributed by atoms with E-state index in [1.165, 1.54) is 43.5 Å². The lowest BCUT2D eigenvalue weighted by Crippen LogP contribution is -2.25. The van der Waals surface area contributed by atoms with Crippen LogP contribution in [0.1, 0.15) is 21.5 Å². The van der Waals surface area contributed by atoms with Crippen molar-refractivity contribution in [1.82, 2.24) is 0 Å². The Balaban J connectivity index is 1.63. The van der Waals surface area contributed by atoms with E-state index in [0.717, 1.165) is 11.6 Å². The summed E-state index contributed by atoms with van der Waals surface area (Å²) in [4.78, 5) is 24.0. The van der Waals surface area contributed by atoms with Gasteiger partial charge >= 0.3 is 12.1 Å². The third-order valence-corrected chi connectivity index (χ3v) is 5.24. The molecule has 0 fully saturated rings. The highest BCUT2D eigenvalue weighted by Gasteiger charge is 2.46. The molecule has 4 rings (SSSR count). The van der Waals surface area contributed by atoms with E-state index in [1.807, 2.05) is 30.3 Å². The van der Waals surface area contributed by atoms with E-state index >= 15 is 0 Å². The van der Waals surface area contributed by atoms with Crippen LogP contribution in [0.5, 0.6) is 11.5 Å². The summed E-state index contributed by atoms with van der Waals surface area (Å²) >= 11 is 0. The van der Waals surface area contributed by atoms with E-state index in [2.05, 4.69) is 5.10 Å². The summed E-state index contributed by atoms with van der Waals surface area (Å²) in [6.07, 6.45) is -3.83. The zero-order valence-corrected chi connectivity index (χ0v) is 18.8. The minimum atomic E-state index is -4.90. The van der Waals surface area contributed by atoms with E-state index in [4.69, 9.17) is 14.6 Å². The van der Waals surface area contributed by atoms with Crippen molar-refractivity contribution in [2.24, 2.45) is 5.10 Å². The lowest BCUT2D eigenvalue weighted by Gasteiger charge is -2.12. The second-order valence-electron chi connectivity index (χ2n) is 7.66. The third-order valence-electron chi connectivity index (χ3n) is 5.24. The predicted octanol–water partition coefficient (Wildman–Crippen LogP) is 5.32. The lowest BCUT2D eigenvalue weighted by molar-refractivity contribution is -0.114. The molecule has 7 nitrogen and oxygen atoms in total. The van der Waals surface area contributed by atoms with Gasteiger partial charge in [0.2, 0.25) is 0 Å². The number of hydrogen-bond donors (Lipinski definition) is 1. The molecule has 0 saturated heterocycles. The van der Waals surface area contributed by atoms with Gasteiger partial charge in [0, 0.05) is 0 Å². The number of halogens is 3. The van der Waals surface area contributed by atoms with Crippen molar-refractivity contribution in [3.8, 4) is 11.5 Å². The average molecular weight is 496 g/mol. The fourth-order valence-corrected chi connectivity index (χ4v) is 3.47. The second kappa shape index (κ2) is 9.95. The van der Waals surface area contributed by atoms with Gasteiger partial charge < -0.3 is 14.6 Å². The molecule has 36 heavy (non-hydrogen) atoms. The Bertz CT molecular complexity index is 1350. The molecular formula is C26H19F3N2O5. The molecule has 0 bridgehead atoms. The Morgan fingerprint density at radius 1 is 1.03 bits per heavy atom. The molecule has 0 unspecified atom stereocenters. The molecule has 0 aliphatic carbocycles. The van der Waals surface area contributed by atoms with Gasteiger partial charge in [-0.2, -0.15) is 23.3 Å². The Labute approximate surface area is 203 Å². The number of hydrazone groups is 1. The predicted molar refractivity (Wildman–Crippen MR) is 126 cm³/mol. The van der Waals surface area contributed by atoms with Crippen molar-refractivity contribution in [3.63, 3.8) is 0 Å². The van der Waals surface area contributed by atoms with Crippen LogP contribution in [-0.2, 0) is 11.4 Å². The van der Waals surface area contributed by atoms with Crippen LogP contribution in [0, 0.1) is 0 Å². The number of nitrogens with zero attached hydrogens (tertiary/aromatic N) is 2. The van der Waals surface area contributed by atoms with Crippen LogP contribution in [0.4, 0.5) is 18.9 Å². The van der Waals surface area contributed by atoms with Gasteiger partial charge in [0.15, 0.2) is 17.2 Å². The Hall–Kier alpha value is -4.60. The maximum absolute atomic E-state index is 13.7. The van der Waals surface area contributed by atoms with E-state index < -0.39 is 29.3 Å². The lowest BCUT2D eigenvalue weighted by atomic mass is 10.1. The van der Waals surface area contributed by atoms with Crippen molar-refractivity contribution in [2.45, 2.75) is 12.8 Å². The maximum Gasteiger partial charge on any atom is 0.435 e. The molecule has 184 valence electrons. The maximum atomic E-state index is 13.7. The van der Waals surface area contributed by atoms with Crippen molar-refractivity contribution < 1.29 is 37.3 Å². The Morgan fingerprint density at radius 3 is 2.33 bits per heavy atom. The summed E-state index contributed by atoms with van der Waals surface area (Å²) in [6, 6.07) is 18.7. The first-order chi connectivity index (χ1) is 17.2. The van der Waals surface area contributed by atoms with Crippen LogP contribution in [0.3, 0.4) is 0 Å². The highest BCUT2D eigenvalue weighted by molar-refractivity contribution is 6.34. The molecule has 3 aromatic carbocycles. The second-order valence-corrected chi connectivity index (χ2v) is 7.66. The van der Waals surface area contributed by atoms with Gasteiger partial charge in [-0.05, 0) is 53.6 Å². The highest BCUT2D eigenvalue weighted by atomic mass is 19.4. The minimum absolute atomic E-state index is 0.00242. The quantitative estimate of drug-likeness (QED) is 0.448. The molecule has 0 aromatic heterocycles. The zero-order chi connectivity index (χ0) is 25.9. The van der Waals surface area contributed by atoms with E-state index in [9.17, 15) is 22.8 Å². The van der Waals surface area contributed by atoms with Crippen LogP contribution in [0.2, 0.25) is 0 Å². The molecule has 1 amide bonds. The molecule has 1 N–H and O–H groups in total. The molecule has 0 saturated carbocycles. The molecule has 3 aromatic rings. The highest BCUT2D eigenvalue weighted by Crippen LogP contribution is 2.34. The van der Waals surface area contributed by atoms with Gasteiger partial charge in [0.25, 0.3) is 5.91 Å². The molecule has 0 radical (unpaired) electrons. The zero-order valence-electron chi connectivity index (χ0n) is 18.8. The molecule has 10 heteroatoms. The molecule has 1 heterocycles. The van der Waals surface area contributed by atoms with Gasteiger partial charge in [-0.25, -0.2) is 4.79 Å².